The number of nitrogens with zero attached hydrogens (tertiary/aromatic N) is 2. The highest BCUT2D eigenvalue weighted by Gasteiger charge is 1.95. The van der Waals surface area contributed by atoms with Crippen molar-refractivity contribution in [3.05, 3.63) is 5.82 Å². The summed E-state index contributed by atoms with van der Waals surface area (Å²) in [5, 5.41) is 9.45. The molecule has 1 aromatic rings. The minimum Gasteiger partial charge on any atom is -0.367 e. The predicted octanol–water partition coefficient (Wildman–Crippen LogP) is -0.504. The molecule has 56 valence electrons. The Kier molecular flexibility index (Phi) is 2.22. The van der Waals surface area contributed by atoms with Crippen LogP contribution in [0.4, 0.5) is 5.95 Å². The molecule has 0 aliphatic heterocycles. The Morgan fingerprint density at radius 1 is 1.70 bits per heavy atom. The fraction of sp³-hybridized carbons (Fsp3) is 0.600. The molecule has 5 nitrogen and oxygen atoms in total. The largest absolute Gasteiger partial charge is 0.367 e. The molecule has 1 aromatic heterocycles. The van der Waals surface area contributed by atoms with Gasteiger partial charge >= 0.3 is 0 Å². The summed E-state index contributed by atoms with van der Waals surface area (Å²) in [4.78, 5) is 3.90. The third kappa shape index (κ3) is 1.70. The number of aromatic amines is 1. The van der Waals surface area contributed by atoms with E-state index in [-0.39, 0.29) is 0 Å². The molecule has 1 heterocycles. The van der Waals surface area contributed by atoms with Crippen molar-refractivity contribution in [2.45, 2.75) is 13.5 Å². The number of hydrogen-bond donors (Lipinski definition) is 3. The summed E-state index contributed by atoms with van der Waals surface area (Å²) in [6.07, 6.45) is 0. The molecule has 0 amide bonds. The zero-order chi connectivity index (χ0) is 7.40. The smallest absolute Gasteiger partial charge is 0.239 e. The Morgan fingerprint density at radius 2 is 2.50 bits per heavy atom. The highest BCUT2D eigenvalue weighted by atomic mass is 15.3. The average molecular weight is 141 g/mol. The highest BCUT2D eigenvalue weighted by molar-refractivity contribution is 5.12. The number of nitrogen functional groups attached to an aromatic ring is 1. The van der Waals surface area contributed by atoms with Crippen molar-refractivity contribution in [3.63, 3.8) is 0 Å². The van der Waals surface area contributed by atoms with Crippen LogP contribution in [0.1, 0.15) is 12.7 Å². The van der Waals surface area contributed by atoms with E-state index in [0.717, 1.165) is 12.4 Å². The SMILES string of the molecule is CCNCc1nc(N)n[nH]1. The van der Waals surface area contributed by atoms with E-state index in [1.165, 1.54) is 0 Å². The van der Waals surface area contributed by atoms with Gasteiger partial charge in [0, 0.05) is 0 Å². The first-order chi connectivity index (χ1) is 4.83. The molecule has 0 saturated heterocycles. The molecule has 0 fully saturated rings. The van der Waals surface area contributed by atoms with Crippen molar-refractivity contribution < 1.29 is 0 Å². The third-order valence-electron chi connectivity index (χ3n) is 1.09. The number of anilines is 1. The molecule has 0 aliphatic carbocycles. The number of rotatable bonds is 3. The van der Waals surface area contributed by atoms with Crippen molar-refractivity contribution in [2.75, 3.05) is 12.3 Å². The molecule has 0 bridgehead atoms. The number of nitrogens with one attached hydrogen (secondary N) is 2. The first-order valence-electron chi connectivity index (χ1n) is 3.20. The molecule has 0 radical (unpaired) electrons. The Morgan fingerprint density at radius 3 is 3.00 bits per heavy atom. The van der Waals surface area contributed by atoms with Crippen molar-refractivity contribution >= 4 is 5.95 Å². The van der Waals surface area contributed by atoms with Gasteiger partial charge in [-0.2, -0.15) is 4.98 Å². The Bertz CT molecular complexity index is 194. The second-order valence-electron chi connectivity index (χ2n) is 1.92. The number of nitrogens with two attached hydrogens (primary N) is 1. The minimum atomic E-state index is 0.299. The van der Waals surface area contributed by atoms with Crippen molar-refractivity contribution in [1.82, 2.24) is 20.5 Å². The van der Waals surface area contributed by atoms with Crippen LogP contribution in [0.15, 0.2) is 0 Å². The molecule has 5 heteroatoms. The maximum atomic E-state index is 5.27. The fourth-order valence-electron chi connectivity index (χ4n) is 0.633. The van der Waals surface area contributed by atoms with Gasteiger partial charge < -0.3 is 11.1 Å². The zero-order valence-corrected chi connectivity index (χ0v) is 5.89. The summed E-state index contributed by atoms with van der Waals surface area (Å²) in [6.45, 7) is 3.64. The van der Waals surface area contributed by atoms with Crippen molar-refractivity contribution in [2.24, 2.45) is 0 Å². The summed E-state index contributed by atoms with van der Waals surface area (Å²) < 4.78 is 0. The fourth-order valence-corrected chi connectivity index (χ4v) is 0.633. The Hall–Kier alpha value is -1.10. The quantitative estimate of drug-likeness (QED) is 0.530. The van der Waals surface area contributed by atoms with Crippen LogP contribution in [-0.4, -0.2) is 21.7 Å². The average Bonchev–Trinajstić information content (AvgIpc) is 2.31. The predicted molar refractivity (Wildman–Crippen MR) is 38.2 cm³/mol. The molecule has 0 unspecified atom stereocenters. The molecule has 0 aromatic carbocycles. The van der Waals surface area contributed by atoms with E-state index in [0.29, 0.717) is 12.5 Å². The number of hydrogen-bond acceptors (Lipinski definition) is 4. The van der Waals surface area contributed by atoms with Crippen molar-refractivity contribution in [1.29, 1.82) is 0 Å². The third-order valence-corrected chi connectivity index (χ3v) is 1.09. The summed E-state index contributed by atoms with van der Waals surface area (Å²) in [5.74, 6) is 1.08. The number of H-pyrrole nitrogens is 1. The maximum Gasteiger partial charge on any atom is 0.239 e. The van der Waals surface area contributed by atoms with Gasteiger partial charge in [0.25, 0.3) is 0 Å². The van der Waals surface area contributed by atoms with Crippen LogP contribution in [0.3, 0.4) is 0 Å². The van der Waals surface area contributed by atoms with Crippen LogP contribution in [0.25, 0.3) is 0 Å². The molecule has 10 heavy (non-hydrogen) atoms. The summed E-state index contributed by atoms with van der Waals surface area (Å²) in [6, 6.07) is 0. The van der Waals surface area contributed by atoms with Gasteiger partial charge in [-0.15, -0.1) is 5.10 Å². The van der Waals surface area contributed by atoms with E-state index in [1.807, 2.05) is 6.92 Å². The summed E-state index contributed by atoms with van der Waals surface area (Å²) in [5.41, 5.74) is 5.27. The standard InChI is InChI=1S/C5H11N5/c1-2-7-3-4-8-5(6)10-9-4/h7H,2-3H2,1H3,(H3,6,8,9,10). The van der Waals surface area contributed by atoms with Crippen LogP contribution in [0.2, 0.25) is 0 Å². The van der Waals surface area contributed by atoms with Crippen LogP contribution >= 0.6 is 0 Å². The zero-order valence-electron chi connectivity index (χ0n) is 5.89. The van der Waals surface area contributed by atoms with Crippen LogP contribution in [0, 0.1) is 0 Å². The maximum absolute atomic E-state index is 5.27. The van der Waals surface area contributed by atoms with E-state index in [9.17, 15) is 0 Å². The van der Waals surface area contributed by atoms with Crippen LogP contribution in [0.5, 0.6) is 0 Å². The van der Waals surface area contributed by atoms with Gasteiger partial charge in [-0.25, -0.2) is 0 Å². The van der Waals surface area contributed by atoms with E-state index in [1.54, 1.807) is 0 Å². The van der Waals surface area contributed by atoms with Gasteiger partial charge in [-0.1, -0.05) is 6.92 Å². The van der Waals surface area contributed by atoms with Gasteiger partial charge in [0.2, 0.25) is 5.95 Å². The van der Waals surface area contributed by atoms with Gasteiger partial charge in [-0.05, 0) is 6.54 Å². The first-order valence-corrected chi connectivity index (χ1v) is 3.20. The van der Waals surface area contributed by atoms with Crippen molar-refractivity contribution in [3.8, 4) is 0 Å². The van der Waals surface area contributed by atoms with Gasteiger partial charge in [0.1, 0.15) is 5.82 Å². The second-order valence-corrected chi connectivity index (χ2v) is 1.92. The minimum absolute atomic E-state index is 0.299. The topological polar surface area (TPSA) is 79.6 Å². The lowest BCUT2D eigenvalue weighted by molar-refractivity contribution is 0.693. The molecule has 0 aliphatic rings. The van der Waals surface area contributed by atoms with E-state index in [4.69, 9.17) is 5.73 Å². The van der Waals surface area contributed by atoms with E-state index in [2.05, 4.69) is 20.5 Å². The Labute approximate surface area is 59.0 Å². The normalized spacial score (nSPS) is 10.1. The lowest BCUT2D eigenvalue weighted by atomic mass is 10.6. The van der Waals surface area contributed by atoms with Gasteiger partial charge in [0.15, 0.2) is 0 Å². The van der Waals surface area contributed by atoms with E-state index < -0.39 is 0 Å². The lowest BCUT2D eigenvalue weighted by Crippen LogP contribution is -2.12. The summed E-state index contributed by atoms with van der Waals surface area (Å²) >= 11 is 0. The molecule has 0 spiro atoms. The first kappa shape index (κ1) is 7.01. The number of aromatic nitrogens is 3. The molecular weight excluding hydrogens is 130 g/mol. The lowest BCUT2D eigenvalue weighted by Gasteiger charge is -1.93. The van der Waals surface area contributed by atoms with Gasteiger partial charge in [0.05, 0.1) is 6.54 Å². The van der Waals surface area contributed by atoms with E-state index >= 15 is 0 Å². The summed E-state index contributed by atoms with van der Waals surface area (Å²) in [7, 11) is 0. The molecule has 0 atom stereocenters. The van der Waals surface area contributed by atoms with Gasteiger partial charge in [-0.3, -0.25) is 5.10 Å². The Balaban J connectivity index is 2.42. The van der Waals surface area contributed by atoms with Crippen LogP contribution in [-0.2, 0) is 6.54 Å². The van der Waals surface area contributed by atoms with Crippen LogP contribution < -0.4 is 11.1 Å². The molecule has 0 saturated carbocycles. The molecule has 1 rings (SSSR count). The highest BCUT2D eigenvalue weighted by Crippen LogP contribution is 1.90. The molecular formula is C5H11N5. The monoisotopic (exact) mass is 141 g/mol. The molecule has 4 N–H and O–H groups in total. The second kappa shape index (κ2) is 3.17.